The molecule has 0 aliphatic carbocycles. The van der Waals surface area contributed by atoms with Gasteiger partial charge in [0.1, 0.15) is 0 Å². The van der Waals surface area contributed by atoms with Gasteiger partial charge in [-0.2, -0.15) is 0 Å². The summed E-state index contributed by atoms with van der Waals surface area (Å²) in [5, 5.41) is 3.12. The van der Waals surface area contributed by atoms with Crippen molar-refractivity contribution in [2.24, 2.45) is 0 Å². The van der Waals surface area contributed by atoms with Gasteiger partial charge in [-0.25, -0.2) is 9.59 Å². The molecule has 1 aliphatic heterocycles. The number of nitrogens with one attached hydrogen (secondary N) is 1. The number of carbonyl (C=O) groups excluding carboxylic acids is 2. The number of likely N-dealkylation sites (N-methyl/N-ethyl adjacent to an activating group) is 1. The van der Waals surface area contributed by atoms with Gasteiger partial charge in [0.25, 0.3) is 0 Å². The Kier molecular flexibility index (Phi) is 12.2. The van der Waals surface area contributed by atoms with Gasteiger partial charge in [-0.05, 0) is 39.8 Å². The minimum atomic E-state index is -0.359. The smallest absolute Gasteiger partial charge is 0.332 e. The second-order valence-electron chi connectivity index (χ2n) is 6.33. The molecule has 1 saturated heterocycles. The number of rotatable bonds is 12. The molecule has 1 heterocycles. The second kappa shape index (κ2) is 14.3. The van der Waals surface area contributed by atoms with Crippen LogP contribution in [-0.4, -0.2) is 81.3 Å². The Balaban J connectivity index is 1.91. The standard InChI is InChI=1S/C19H33N3O4/c1-3-7-18(23)25-16-4-5-17-26-19(24)8-10-20-9-6-11-22-14-12-21(2)13-15-22/h3,7-8,10,20H,4-6,9,11-17H2,1-2H3/b7-3+,10-8+. The Labute approximate surface area is 157 Å². The molecular formula is C19H33N3O4. The average molecular weight is 367 g/mol. The van der Waals surface area contributed by atoms with Crippen LogP contribution in [-0.2, 0) is 19.1 Å². The molecule has 0 radical (unpaired) electrons. The van der Waals surface area contributed by atoms with Gasteiger partial charge in [0.15, 0.2) is 0 Å². The molecule has 1 fully saturated rings. The maximum absolute atomic E-state index is 11.5. The largest absolute Gasteiger partial charge is 0.463 e. The fourth-order valence-corrected chi connectivity index (χ4v) is 2.47. The summed E-state index contributed by atoms with van der Waals surface area (Å²) in [6.07, 6.45) is 8.45. The first-order chi connectivity index (χ1) is 12.6. The van der Waals surface area contributed by atoms with E-state index in [1.807, 2.05) is 0 Å². The van der Waals surface area contributed by atoms with E-state index in [2.05, 4.69) is 22.2 Å². The van der Waals surface area contributed by atoms with Gasteiger partial charge < -0.3 is 24.6 Å². The Morgan fingerprint density at radius 3 is 2.19 bits per heavy atom. The number of esters is 2. The normalized spacial score (nSPS) is 16.2. The van der Waals surface area contributed by atoms with Crippen LogP contribution in [0.1, 0.15) is 26.2 Å². The molecule has 0 aromatic heterocycles. The molecule has 1 rings (SSSR count). The van der Waals surface area contributed by atoms with Crippen LogP contribution in [0.4, 0.5) is 0 Å². The summed E-state index contributed by atoms with van der Waals surface area (Å²) in [5.41, 5.74) is 0. The number of unbranched alkanes of at least 4 members (excludes halogenated alkanes) is 1. The van der Waals surface area contributed by atoms with Gasteiger partial charge in [-0.1, -0.05) is 6.08 Å². The number of allylic oxidation sites excluding steroid dienone is 1. The monoisotopic (exact) mass is 367 g/mol. The fourth-order valence-electron chi connectivity index (χ4n) is 2.47. The lowest BCUT2D eigenvalue weighted by atomic mass is 10.3. The summed E-state index contributed by atoms with van der Waals surface area (Å²) in [5.74, 6) is -0.700. The zero-order valence-corrected chi connectivity index (χ0v) is 16.1. The molecule has 0 atom stereocenters. The van der Waals surface area contributed by atoms with Crippen molar-refractivity contribution < 1.29 is 19.1 Å². The molecule has 1 aliphatic rings. The lowest BCUT2D eigenvalue weighted by molar-refractivity contribution is -0.140. The molecule has 0 aromatic carbocycles. The molecule has 148 valence electrons. The van der Waals surface area contributed by atoms with Gasteiger partial charge in [0.2, 0.25) is 0 Å². The van der Waals surface area contributed by atoms with Gasteiger partial charge in [-0.3, -0.25) is 0 Å². The Bertz CT molecular complexity index is 458. The number of ether oxygens (including phenoxy) is 2. The number of nitrogens with zero attached hydrogens (tertiary/aromatic N) is 2. The van der Waals surface area contributed by atoms with Crippen molar-refractivity contribution in [1.82, 2.24) is 15.1 Å². The summed E-state index contributed by atoms with van der Waals surface area (Å²) in [6.45, 7) is 8.89. The Morgan fingerprint density at radius 2 is 1.58 bits per heavy atom. The SMILES string of the molecule is C/C=C/C(=O)OCCCCOC(=O)/C=C/NCCCN1CCN(C)CC1. The predicted octanol–water partition coefficient (Wildman–Crippen LogP) is 1.17. The minimum Gasteiger partial charge on any atom is -0.463 e. The van der Waals surface area contributed by atoms with Crippen molar-refractivity contribution in [2.75, 3.05) is 59.5 Å². The molecular weight excluding hydrogens is 334 g/mol. The van der Waals surface area contributed by atoms with Crippen LogP contribution in [0, 0.1) is 0 Å². The highest BCUT2D eigenvalue weighted by Gasteiger charge is 2.12. The van der Waals surface area contributed by atoms with Crippen molar-refractivity contribution in [3.8, 4) is 0 Å². The van der Waals surface area contributed by atoms with Crippen molar-refractivity contribution >= 4 is 11.9 Å². The van der Waals surface area contributed by atoms with Crippen molar-refractivity contribution in [3.63, 3.8) is 0 Å². The van der Waals surface area contributed by atoms with E-state index in [9.17, 15) is 9.59 Å². The van der Waals surface area contributed by atoms with Crippen LogP contribution >= 0.6 is 0 Å². The van der Waals surface area contributed by atoms with Gasteiger partial charge in [-0.15, -0.1) is 0 Å². The minimum absolute atomic E-state index is 0.327. The topological polar surface area (TPSA) is 71.1 Å². The van der Waals surface area contributed by atoms with E-state index in [0.717, 1.165) is 45.7 Å². The van der Waals surface area contributed by atoms with E-state index in [0.29, 0.717) is 26.1 Å². The third kappa shape index (κ3) is 11.7. The molecule has 0 aromatic rings. The third-order valence-electron chi connectivity index (χ3n) is 4.06. The summed E-state index contributed by atoms with van der Waals surface area (Å²) < 4.78 is 10.0. The summed E-state index contributed by atoms with van der Waals surface area (Å²) in [6, 6.07) is 0. The van der Waals surface area contributed by atoms with Gasteiger partial charge >= 0.3 is 11.9 Å². The summed E-state index contributed by atoms with van der Waals surface area (Å²) in [4.78, 5) is 27.4. The number of carbonyl (C=O) groups is 2. The second-order valence-corrected chi connectivity index (χ2v) is 6.33. The number of hydrogen-bond acceptors (Lipinski definition) is 7. The van der Waals surface area contributed by atoms with E-state index in [-0.39, 0.29) is 11.9 Å². The van der Waals surface area contributed by atoms with Crippen molar-refractivity contribution in [2.45, 2.75) is 26.2 Å². The van der Waals surface area contributed by atoms with E-state index in [1.165, 1.54) is 12.2 Å². The Hall–Kier alpha value is -1.86. The average Bonchev–Trinajstić information content (AvgIpc) is 2.62. The molecule has 0 unspecified atom stereocenters. The van der Waals surface area contributed by atoms with E-state index in [1.54, 1.807) is 19.2 Å². The van der Waals surface area contributed by atoms with E-state index in [4.69, 9.17) is 9.47 Å². The van der Waals surface area contributed by atoms with Crippen LogP contribution in [0.2, 0.25) is 0 Å². The van der Waals surface area contributed by atoms with Crippen LogP contribution in [0.15, 0.2) is 24.4 Å². The first-order valence-electron chi connectivity index (χ1n) is 9.39. The van der Waals surface area contributed by atoms with E-state index >= 15 is 0 Å². The quantitative estimate of drug-likeness (QED) is 0.315. The highest BCUT2D eigenvalue weighted by Crippen LogP contribution is 1.99. The summed E-state index contributed by atoms with van der Waals surface area (Å²) in [7, 11) is 2.16. The van der Waals surface area contributed by atoms with Crippen LogP contribution in [0.5, 0.6) is 0 Å². The molecule has 0 spiro atoms. The zero-order valence-electron chi connectivity index (χ0n) is 16.1. The number of piperazine rings is 1. The maximum Gasteiger partial charge on any atom is 0.332 e. The molecule has 1 N–H and O–H groups in total. The first-order valence-corrected chi connectivity index (χ1v) is 9.39. The zero-order chi connectivity index (χ0) is 19.0. The highest BCUT2D eigenvalue weighted by atomic mass is 16.5. The molecule has 0 amide bonds. The third-order valence-corrected chi connectivity index (χ3v) is 4.06. The van der Waals surface area contributed by atoms with Crippen molar-refractivity contribution in [1.29, 1.82) is 0 Å². The molecule has 26 heavy (non-hydrogen) atoms. The van der Waals surface area contributed by atoms with Gasteiger partial charge in [0, 0.05) is 51.1 Å². The lowest BCUT2D eigenvalue weighted by Gasteiger charge is -2.32. The van der Waals surface area contributed by atoms with Crippen LogP contribution in [0.25, 0.3) is 0 Å². The van der Waals surface area contributed by atoms with Crippen LogP contribution in [0.3, 0.4) is 0 Å². The maximum atomic E-state index is 11.5. The summed E-state index contributed by atoms with van der Waals surface area (Å²) >= 11 is 0. The van der Waals surface area contributed by atoms with Crippen molar-refractivity contribution in [3.05, 3.63) is 24.4 Å². The number of hydrogen-bond donors (Lipinski definition) is 1. The molecule has 0 saturated carbocycles. The molecule has 7 nitrogen and oxygen atoms in total. The van der Waals surface area contributed by atoms with E-state index < -0.39 is 0 Å². The fraction of sp³-hybridized carbons (Fsp3) is 0.684. The van der Waals surface area contributed by atoms with Gasteiger partial charge in [0.05, 0.1) is 13.2 Å². The molecule has 7 heteroatoms. The Morgan fingerprint density at radius 1 is 0.962 bits per heavy atom. The van der Waals surface area contributed by atoms with Crippen LogP contribution < -0.4 is 5.32 Å². The first kappa shape index (κ1) is 22.2. The lowest BCUT2D eigenvalue weighted by Crippen LogP contribution is -2.45. The highest BCUT2D eigenvalue weighted by molar-refractivity contribution is 5.82. The predicted molar refractivity (Wildman–Crippen MR) is 102 cm³/mol. The molecule has 0 bridgehead atoms.